The van der Waals surface area contributed by atoms with Gasteiger partial charge in [0.2, 0.25) is 5.91 Å². The van der Waals surface area contributed by atoms with Crippen molar-refractivity contribution in [3.63, 3.8) is 0 Å². The molecular formula is C18H21BrN4OS. The van der Waals surface area contributed by atoms with Crippen molar-refractivity contribution in [2.75, 3.05) is 6.26 Å². The van der Waals surface area contributed by atoms with Crippen molar-refractivity contribution in [1.29, 1.82) is 0 Å². The SMILES string of the molecule is CSC1=NC2(CCCCC2)C2=NN(C(C)=O)C(c3cccc(Br)c3)N12. The zero-order chi connectivity index (χ0) is 17.6. The first kappa shape index (κ1) is 17.1. The highest BCUT2D eigenvalue weighted by atomic mass is 79.9. The second kappa shape index (κ2) is 6.43. The first-order valence-electron chi connectivity index (χ1n) is 8.63. The smallest absolute Gasteiger partial charge is 0.241 e. The van der Waals surface area contributed by atoms with Crippen LogP contribution in [-0.4, -0.2) is 38.6 Å². The third kappa shape index (κ3) is 2.72. The van der Waals surface area contributed by atoms with Crippen molar-refractivity contribution in [3.8, 4) is 0 Å². The predicted octanol–water partition coefficient (Wildman–Crippen LogP) is 4.36. The van der Waals surface area contributed by atoms with Crippen molar-refractivity contribution >= 4 is 44.6 Å². The van der Waals surface area contributed by atoms with Gasteiger partial charge in [0.25, 0.3) is 0 Å². The van der Waals surface area contributed by atoms with E-state index >= 15 is 0 Å². The number of hydrogen-bond acceptors (Lipinski definition) is 5. The van der Waals surface area contributed by atoms with E-state index in [-0.39, 0.29) is 17.6 Å². The molecule has 25 heavy (non-hydrogen) atoms. The van der Waals surface area contributed by atoms with E-state index in [0.29, 0.717) is 0 Å². The van der Waals surface area contributed by atoms with Gasteiger partial charge in [-0.2, -0.15) is 5.10 Å². The molecule has 2 heterocycles. The molecule has 0 radical (unpaired) electrons. The van der Waals surface area contributed by atoms with Crippen LogP contribution in [0.1, 0.15) is 50.8 Å². The Morgan fingerprint density at radius 1 is 1.32 bits per heavy atom. The first-order valence-corrected chi connectivity index (χ1v) is 10.6. The molecule has 1 amide bonds. The van der Waals surface area contributed by atoms with Gasteiger partial charge in [-0.1, -0.05) is 59.1 Å². The number of benzene rings is 1. The molecule has 1 aliphatic carbocycles. The van der Waals surface area contributed by atoms with Crippen molar-refractivity contribution in [2.45, 2.75) is 50.7 Å². The predicted molar refractivity (Wildman–Crippen MR) is 105 cm³/mol. The summed E-state index contributed by atoms with van der Waals surface area (Å²) < 4.78 is 0.996. The third-order valence-electron chi connectivity index (χ3n) is 5.17. The second-order valence-electron chi connectivity index (χ2n) is 6.78. The normalized spacial score (nSPS) is 24.4. The molecule has 132 valence electrons. The molecule has 1 saturated carbocycles. The van der Waals surface area contributed by atoms with Crippen molar-refractivity contribution in [1.82, 2.24) is 9.91 Å². The van der Waals surface area contributed by atoms with E-state index in [4.69, 9.17) is 10.1 Å². The summed E-state index contributed by atoms with van der Waals surface area (Å²) >= 11 is 5.18. The summed E-state index contributed by atoms with van der Waals surface area (Å²) in [5.74, 6) is 0.912. The maximum Gasteiger partial charge on any atom is 0.241 e. The van der Waals surface area contributed by atoms with Crippen LogP contribution in [0.15, 0.2) is 38.8 Å². The Hall–Kier alpha value is -1.34. The van der Waals surface area contributed by atoms with E-state index < -0.39 is 0 Å². The van der Waals surface area contributed by atoms with Crippen LogP contribution in [-0.2, 0) is 4.79 Å². The lowest BCUT2D eigenvalue weighted by molar-refractivity contribution is -0.131. The minimum Gasteiger partial charge on any atom is -0.278 e. The monoisotopic (exact) mass is 420 g/mol. The van der Waals surface area contributed by atoms with Crippen LogP contribution >= 0.6 is 27.7 Å². The fraction of sp³-hybridized carbons (Fsp3) is 0.500. The average molecular weight is 421 g/mol. The van der Waals surface area contributed by atoms with Crippen LogP contribution < -0.4 is 0 Å². The standard InChI is InChI=1S/C18H21BrN4OS/c1-12(24)23-15(13-7-6-8-14(19)11-13)22-16(21-23)18(20-17(22)25-2)9-4-3-5-10-18/h6-8,11,15H,3-5,9-10H2,1-2H3. The number of amidine groups is 2. The molecule has 0 bridgehead atoms. The van der Waals surface area contributed by atoms with E-state index in [2.05, 4.69) is 26.9 Å². The Balaban J connectivity index is 1.82. The second-order valence-corrected chi connectivity index (χ2v) is 8.47. The highest BCUT2D eigenvalue weighted by molar-refractivity contribution is 9.10. The number of carbonyl (C=O) groups excluding carboxylic acids is 1. The number of halogens is 1. The van der Waals surface area contributed by atoms with Crippen molar-refractivity contribution < 1.29 is 4.79 Å². The molecule has 1 aromatic carbocycles. The molecule has 1 atom stereocenters. The topological polar surface area (TPSA) is 48.3 Å². The lowest BCUT2D eigenvalue weighted by Gasteiger charge is -2.31. The van der Waals surface area contributed by atoms with Crippen molar-refractivity contribution in [3.05, 3.63) is 34.3 Å². The lowest BCUT2D eigenvalue weighted by atomic mass is 9.81. The summed E-state index contributed by atoms with van der Waals surface area (Å²) in [5, 5.41) is 7.39. The number of amides is 1. The van der Waals surface area contributed by atoms with Gasteiger partial charge in [-0.25, -0.2) is 10.0 Å². The highest BCUT2D eigenvalue weighted by Crippen LogP contribution is 2.47. The number of carbonyl (C=O) groups is 1. The molecule has 1 spiro atoms. The number of aliphatic imine (C=N–C) groups is 1. The van der Waals surface area contributed by atoms with Crippen LogP contribution in [0, 0.1) is 0 Å². The zero-order valence-corrected chi connectivity index (χ0v) is 16.8. The zero-order valence-electron chi connectivity index (χ0n) is 14.4. The Morgan fingerprint density at radius 2 is 2.08 bits per heavy atom. The molecule has 7 heteroatoms. The molecule has 0 aromatic heterocycles. The number of nitrogens with zero attached hydrogens (tertiary/aromatic N) is 4. The summed E-state index contributed by atoms with van der Waals surface area (Å²) in [5.41, 5.74) is 0.795. The van der Waals surface area contributed by atoms with E-state index in [9.17, 15) is 4.79 Å². The van der Waals surface area contributed by atoms with E-state index in [1.54, 1.807) is 23.7 Å². The molecule has 5 nitrogen and oxygen atoms in total. The summed E-state index contributed by atoms with van der Waals surface area (Å²) in [7, 11) is 0. The molecule has 4 rings (SSSR count). The quantitative estimate of drug-likeness (QED) is 0.677. The fourth-order valence-corrected chi connectivity index (χ4v) is 5.11. The maximum atomic E-state index is 12.3. The molecular weight excluding hydrogens is 400 g/mol. The van der Waals surface area contributed by atoms with Gasteiger partial charge >= 0.3 is 0 Å². The Morgan fingerprint density at radius 3 is 2.72 bits per heavy atom. The molecule has 2 aliphatic heterocycles. The minimum absolute atomic E-state index is 0.0433. The number of rotatable bonds is 1. The van der Waals surface area contributed by atoms with Crippen molar-refractivity contribution in [2.24, 2.45) is 10.1 Å². The maximum absolute atomic E-state index is 12.3. The van der Waals surface area contributed by atoms with Gasteiger partial charge in [-0.3, -0.25) is 9.69 Å². The van der Waals surface area contributed by atoms with E-state index in [1.807, 2.05) is 24.5 Å². The van der Waals surface area contributed by atoms with Crippen LogP contribution in [0.3, 0.4) is 0 Å². The van der Waals surface area contributed by atoms with E-state index in [1.165, 1.54) is 19.3 Å². The first-order chi connectivity index (χ1) is 12.1. The van der Waals surface area contributed by atoms with Crippen LogP contribution in [0.4, 0.5) is 0 Å². The van der Waals surface area contributed by atoms with Gasteiger partial charge in [0.1, 0.15) is 5.54 Å². The van der Waals surface area contributed by atoms with Crippen LogP contribution in [0.5, 0.6) is 0 Å². The number of fused-ring (bicyclic) bond motifs is 2. The van der Waals surface area contributed by atoms with Gasteiger partial charge in [0, 0.05) is 11.4 Å². The average Bonchev–Trinajstić information content (AvgIpc) is 3.13. The third-order valence-corrected chi connectivity index (χ3v) is 6.32. The molecule has 1 unspecified atom stereocenters. The summed E-state index contributed by atoms with van der Waals surface area (Å²) in [6.45, 7) is 1.58. The Kier molecular flexibility index (Phi) is 4.40. The van der Waals surface area contributed by atoms with Gasteiger partial charge in [-0.05, 0) is 36.8 Å². The lowest BCUT2D eigenvalue weighted by Crippen LogP contribution is -2.43. The largest absolute Gasteiger partial charge is 0.278 e. The van der Waals surface area contributed by atoms with Crippen LogP contribution in [0.25, 0.3) is 0 Å². The van der Waals surface area contributed by atoms with E-state index in [0.717, 1.165) is 33.9 Å². The molecule has 3 aliphatic rings. The fourth-order valence-electron chi connectivity index (χ4n) is 4.05. The number of thioether (sulfide) groups is 1. The van der Waals surface area contributed by atoms with Gasteiger partial charge in [0.05, 0.1) is 0 Å². The molecule has 1 aromatic rings. The van der Waals surface area contributed by atoms with Gasteiger partial charge in [0.15, 0.2) is 17.2 Å². The van der Waals surface area contributed by atoms with Gasteiger partial charge < -0.3 is 0 Å². The molecule has 0 saturated heterocycles. The Bertz CT molecular complexity index is 772. The summed E-state index contributed by atoms with van der Waals surface area (Å²) in [6.07, 6.45) is 7.42. The Labute approximate surface area is 160 Å². The van der Waals surface area contributed by atoms with Crippen LogP contribution in [0.2, 0.25) is 0 Å². The number of hydrazone groups is 1. The number of hydrogen-bond donors (Lipinski definition) is 0. The molecule has 1 fully saturated rings. The molecule has 0 N–H and O–H groups in total. The summed E-state index contributed by atoms with van der Waals surface area (Å²) in [4.78, 5) is 19.6. The minimum atomic E-state index is -0.252. The summed E-state index contributed by atoms with van der Waals surface area (Å²) in [6, 6.07) is 8.10. The van der Waals surface area contributed by atoms with Gasteiger partial charge in [-0.15, -0.1) is 0 Å². The highest BCUT2D eigenvalue weighted by Gasteiger charge is 2.54.